The van der Waals surface area contributed by atoms with E-state index in [1.807, 2.05) is 43.2 Å². The molecule has 2 aromatic rings. The highest BCUT2D eigenvalue weighted by Gasteiger charge is 2.06. The summed E-state index contributed by atoms with van der Waals surface area (Å²) in [5.74, 6) is 0.920. The molecule has 6 heteroatoms. The normalized spacial score (nSPS) is 11.6. The van der Waals surface area contributed by atoms with Crippen LogP contribution in [0.5, 0.6) is 0 Å². The van der Waals surface area contributed by atoms with Crippen molar-refractivity contribution in [1.82, 2.24) is 20.0 Å². The summed E-state index contributed by atoms with van der Waals surface area (Å²) in [4.78, 5) is 6.85. The molecule has 130 valence electrons. The van der Waals surface area contributed by atoms with E-state index in [-0.39, 0.29) is 0 Å². The van der Waals surface area contributed by atoms with Crippen molar-refractivity contribution in [2.24, 2.45) is 12.0 Å². The van der Waals surface area contributed by atoms with Crippen molar-refractivity contribution in [3.05, 3.63) is 52.8 Å². The molecule has 1 aromatic heterocycles. The molecule has 0 aliphatic heterocycles. The second-order valence-electron chi connectivity index (χ2n) is 5.85. The number of rotatable bonds is 7. The summed E-state index contributed by atoms with van der Waals surface area (Å²) in [7, 11) is 3.99. The number of nitrogens with zero attached hydrogens (tertiary/aromatic N) is 4. The number of aryl methyl sites for hydroxylation is 2. The molecule has 0 spiro atoms. The van der Waals surface area contributed by atoms with Crippen molar-refractivity contribution >= 4 is 17.6 Å². The van der Waals surface area contributed by atoms with Crippen LogP contribution in [0.4, 0.5) is 0 Å². The average molecular weight is 348 g/mol. The SMILES string of the molecule is CCNC(=NCCCc1cnn(C)c1)N(C)Cc1cccc(Cl)c1. The van der Waals surface area contributed by atoms with E-state index < -0.39 is 0 Å². The number of halogens is 1. The molecular weight excluding hydrogens is 322 g/mol. The summed E-state index contributed by atoms with van der Waals surface area (Å²) >= 11 is 6.06. The topological polar surface area (TPSA) is 45.5 Å². The van der Waals surface area contributed by atoms with E-state index in [0.29, 0.717) is 0 Å². The standard InChI is InChI=1S/C18H26ClN5/c1-4-20-18(21-10-6-8-16-12-22-24(3)14-16)23(2)13-15-7-5-9-17(19)11-15/h5,7,9,11-12,14H,4,6,8,10,13H2,1-3H3,(H,20,21). The van der Waals surface area contributed by atoms with Crippen molar-refractivity contribution in [3.8, 4) is 0 Å². The number of nitrogens with one attached hydrogen (secondary N) is 1. The molecule has 1 aromatic carbocycles. The summed E-state index contributed by atoms with van der Waals surface area (Å²) in [6.07, 6.45) is 5.97. The van der Waals surface area contributed by atoms with Gasteiger partial charge in [-0.2, -0.15) is 5.10 Å². The van der Waals surface area contributed by atoms with Crippen LogP contribution in [-0.2, 0) is 20.0 Å². The molecule has 24 heavy (non-hydrogen) atoms. The van der Waals surface area contributed by atoms with E-state index in [4.69, 9.17) is 16.6 Å². The Morgan fingerprint density at radius 2 is 2.21 bits per heavy atom. The van der Waals surface area contributed by atoms with Gasteiger partial charge in [0.15, 0.2) is 5.96 Å². The minimum atomic E-state index is 0.763. The molecule has 0 saturated heterocycles. The highest BCUT2D eigenvalue weighted by atomic mass is 35.5. The van der Waals surface area contributed by atoms with E-state index in [9.17, 15) is 0 Å². The third-order valence-corrected chi connectivity index (χ3v) is 3.88. The Morgan fingerprint density at radius 1 is 1.38 bits per heavy atom. The van der Waals surface area contributed by atoms with Crippen molar-refractivity contribution in [2.75, 3.05) is 20.1 Å². The Morgan fingerprint density at radius 3 is 2.88 bits per heavy atom. The van der Waals surface area contributed by atoms with Crippen LogP contribution in [0.1, 0.15) is 24.5 Å². The second-order valence-corrected chi connectivity index (χ2v) is 6.28. The van der Waals surface area contributed by atoms with Gasteiger partial charge in [-0.05, 0) is 43.0 Å². The van der Waals surface area contributed by atoms with E-state index in [1.54, 1.807) is 0 Å². The fourth-order valence-corrected chi connectivity index (χ4v) is 2.74. The van der Waals surface area contributed by atoms with Gasteiger partial charge in [0.1, 0.15) is 0 Å². The number of guanidine groups is 1. The molecule has 0 bridgehead atoms. The third kappa shape index (κ3) is 5.89. The van der Waals surface area contributed by atoms with Gasteiger partial charge >= 0.3 is 0 Å². The Hall–Kier alpha value is -2.01. The Balaban J connectivity index is 1.88. The number of hydrogen-bond acceptors (Lipinski definition) is 2. The van der Waals surface area contributed by atoms with E-state index in [0.717, 1.165) is 43.5 Å². The molecule has 0 radical (unpaired) electrons. The maximum absolute atomic E-state index is 6.06. The summed E-state index contributed by atoms with van der Waals surface area (Å²) in [5, 5.41) is 8.30. The second kappa shape index (κ2) is 9.33. The molecule has 0 atom stereocenters. The van der Waals surface area contributed by atoms with Crippen LogP contribution in [0.2, 0.25) is 5.02 Å². The van der Waals surface area contributed by atoms with Crippen LogP contribution in [0, 0.1) is 0 Å². The third-order valence-electron chi connectivity index (χ3n) is 3.65. The first-order valence-electron chi connectivity index (χ1n) is 8.30. The van der Waals surface area contributed by atoms with Crippen molar-refractivity contribution in [2.45, 2.75) is 26.3 Å². The zero-order valence-electron chi connectivity index (χ0n) is 14.7. The van der Waals surface area contributed by atoms with Gasteiger partial charge in [0.2, 0.25) is 0 Å². The van der Waals surface area contributed by atoms with Gasteiger partial charge in [-0.25, -0.2) is 0 Å². The molecule has 0 fully saturated rings. The largest absolute Gasteiger partial charge is 0.357 e. The Kier molecular flexibility index (Phi) is 7.12. The molecule has 5 nitrogen and oxygen atoms in total. The van der Waals surface area contributed by atoms with Crippen molar-refractivity contribution in [1.29, 1.82) is 0 Å². The molecule has 0 amide bonds. The molecule has 0 unspecified atom stereocenters. The van der Waals surface area contributed by atoms with Crippen LogP contribution in [0.3, 0.4) is 0 Å². The van der Waals surface area contributed by atoms with Crippen molar-refractivity contribution < 1.29 is 0 Å². The minimum Gasteiger partial charge on any atom is -0.357 e. The zero-order valence-corrected chi connectivity index (χ0v) is 15.4. The summed E-state index contributed by atoms with van der Waals surface area (Å²) in [5.41, 5.74) is 2.43. The molecule has 0 saturated carbocycles. The highest BCUT2D eigenvalue weighted by Crippen LogP contribution is 2.12. The van der Waals surface area contributed by atoms with Gasteiger partial charge in [-0.3, -0.25) is 9.67 Å². The number of benzene rings is 1. The van der Waals surface area contributed by atoms with E-state index in [1.165, 1.54) is 11.1 Å². The maximum Gasteiger partial charge on any atom is 0.193 e. The van der Waals surface area contributed by atoms with Gasteiger partial charge in [0, 0.05) is 44.9 Å². The Bertz CT molecular complexity index is 665. The first-order chi connectivity index (χ1) is 11.6. The fraction of sp³-hybridized carbons (Fsp3) is 0.444. The quantitative estimate of drug-likeness (QED) is 0.475. The van der Waals surface area contributed by atoms with Crippen LogP contribution in [0.25, 0.3) is 0 Å². The number of hydrogen-bond donors (Lipinski definition) is 1. The molecule has 0 aliphatic carbocycles. The number of aromatic nitrogens is 2. The monoisotopic (exact) mass is 347 g/mol. The lowest BCUT2D eigenvalue weighted by molar-refractivity contribution is 0.476. The molecule has 1 heterocycles. The lowest BCUT2D eigenvalue weighted by atomic mass is 10.2. The van der Waals surface area contributed by atoms with Gasteiger partial charge in [-0.15, -0.1) is 0 Å². The highest BCUT2D eigenvalue weighted by molar-refractivity contribution is 6.30. The van der Waals surface area contributed by atoms with Gasteiger partial charge in [0.25, 0.3) is 0 Å². The zero-order chi connectivity index (χ0) is 17.4. The van der Waals surface area contributed by atoms with Crippen LogP contribution in [-0.4, -0.2) is 40.8 Å². The minimum absolute atomic E-state index is 0.763. The lowest BCUT2D eigenvalue weighted by Crippen LogP contribution is -2.38. The Labute approximate surface area is 149 Å². The molecule has 2 rings (SSSR count). The number of aliphatic imine (C=N–C) groups is 1. The molecule has 0 aliphatic rings. The molecule has 1 N–H and O–H groups in total. The maximum atomic E-state index is 6.06. The summed E-state index contributed by atoms with van der Waals surface area (Å²) < 4.78 is 1.83. The lowest BCUT2D eigenvalue weighted by Gasteiger charge is -2.22. The summed E-state index contributed by atoms with van der Waals surface area (Å²) in [6, 6.07) is 7.94. The predicted molar refractivity (Wildman–Crippen MR) is 100 cm³/mol. The fourth-order valence-electron chi connectivity index (χ4n) is 2.52. The van der Waals surface area contributed by atoms with Crippen LogP contribution >= 0.6 is 11.6 Å². The van der Waals surface area contributed by atoms with Gasteiger partial charge < -0.3 is 10.2 Å². The van der Waals surface area contributed by atoms with Gasteiger partial charge in [-0.1, -0.05) is 23.7 Å². The van der Waals surface area contributed by atoms with Crippen LogP contribution < -0.4 is 5.32 Å². The van der Waals surface area contributed by atoms with Crippen molar-refractivity contribution in [3.63, 3.8) is 0 Å². The summed E-state index contributed by atoms with van der Waals surface area (Å²) in [6.45, 7) is 4.49. The van der Waals surface area contributed by atoms with Gasteiger partial charge in [0.05, 0.1) is 6.20 Å². The first kappa shape index (κ1) is 18.3. The first-order valence-corrected chi connectivity index (χ1v) is 8.67. The smallest absolute Gasteiger partial charge is 0.193 e. The molecular formula is C18H26ClN5. The average Bonchev–Trinajstić information content (AvgIpc) is 2.95. The van der Waals surface area contributed by atoms with E-state index in [2.05, 4.69) is 34.5 Å². The van der Waals surface area contributed by atoms with Crippen LogP contribution in [0.15, 0.2) is 41.7 Å². The predicted octanol–water partition coefficient (Wildman–Crippen LogP) is 3.10. The van der Waals surface area contributed by atoms with E-state index >= 15 is 0 Å².